The second-order valence-electron chi connectivity index (χ2n) is 4.51. The first-order valence-electron chi connectivity index (χ1n) is 6.20. The van der Waals surface area contributed by atoms with Crippen LogP contribution in [0.3, 0.4) is 0 Å². The molecule has 0 spiro atoms. The summed E-state index contributed by atoms with van der Waals surface area (Å²) in [6.45, 7) is 8.42. The first-order valence-corrected chi connectivity index (χ1v) is 6.20. The van der Waals surface area contributed by atoms with Crippen molar-refractivity contribution in [1.29, 1.82) is 0 Å². The first kappa shape index (κ1) is 13.1. The molecule has 0 aliphatic carbocycles. The molecule has 1 aromatic heterocycles. The van der Waals surface area contributed by atoms with Gasteiger partial charge >= 0.3 is 0 Å². The molecule has 0 saturated carbocycles. The number of rotatable bonds is 7. The lowest BCUT2D eigenvalue weighted by Crippen LogP contribution is -2.18. The molecule has 90 valence electrons. The van der Waals surface area contributed by atoms with E-state index >= 15 is 0 Å². The van der Waals surface area contributed by atoms with Gasteiger partial charge < -0.3 is 5.32 Å². The molecular formula is C13H23N3. The van der Waals surface area contributed by atoms with Crippen LogP contribution in [0.15, 0.2) is 12.4 Å². The van der Waals surface area contributed by atoms with Crippen molar-refractivity contribution in [2.45, 2.75) is 46.6 Å². The predicted molar refractivity (Wildman–Crippen MR) is 67.2 cm³/mol. The Morgan fingerprint density at radius 3 is 2.81 bits per heavy atom. The molecule has 1 N–H and O–H groups in total. The Morgan fingerprint density at radius 2 is 2.12 bits per heavy atom. The highest BCUT2D eigenvalue weighted by atomic mass is 14.9. The molecule has 0 amide bonds. The number of hydrogen-bond acceptors (Lipinski definition) is 3. The minimum atomic E-state index is 0.820. The van der Waals surface area contributed by atoms with E-state index < -0.39 is 0 Å². The third kappa shape index (κ3) is 5.21. The molecule has 3 heteroatoms. The monoisotopic (exact) mass is 221 g/mol. The molecule has 0 saturated heterocycles. The van der Waals surface area contributed by atoms with Gasteiger partial charge in [0.1, 0.15) is 0 Å². The molecule has 16 heavy (non-hydrogen) atoms. The zero-order valence-corrected chi connectivity index (χ0v) is 10.7. The predicted octanol–water partition coefficient (Wildman–Crippen LogP) is 2.70. The van der Waals surface area contributed by atoms with Crippen LogP contribution in [0, 0.1) is 12.8 Å². The molecule has 0 radical (unpaired) electrons. The van der Waals surface area contributed by atoms with E-state index in [1.165, 1.54) is 19.3 Å². The lowest BCUT2D eigenvalue weighted by molar-refractivity contribution is 0.463. The van der Waals surface area contributed by atoms with Crippen LogP contribution < -0.4 is 5.32 Å². The standard InChI is InChI=1S/C13H23N3/c1-4-5-11(2)6-7-14-9-13-10-15-8-12(3)16-13/h8,10-11,14H,4-7,9H2,1-3H3. The summed E-state index contributed by atoms with van der Waals surface area (Å²) in [5, 5.41) is 3.42. The van der Waals surface area contributed by atoms with Crippen molar-refractivity contribution in [3.8, 4) is 0 Å². The van der Waals surface area contributed by atoms with Gasteiger partial charge in [-0.25, -0.2) is 0 Å². The average molecular weight is 221 g/mol. The van der Waals surface area contributed by atoms with Crippen molar-refractivity contribution in [2.75, 3.05) is 6.54 Å². The highest BCUT2D eigenvalue weighted by Crippen LogP contribution is 2.08. The zero-order chi connectivity index (χ0) is 11.8. The number of nitrogens with one attached hydrogen (secondary N) is 1. The molecule has 0 aliphatic rings. The van der Waals surface area contributed by atoms with E-state index in [-0.39, 0.29) is 0 Å². The second kappa shape index (κ2) is 7.34. The van der Waals surface area contributed by atoms with Crippen molar-refractivity contribution in [3.63, 3.8) is 0 Å². The molecule has 1 rings (SSSR count). The van der Waals surface area contributed by atoms with Crippen LogP contribution in [0.1, 0.15) is 44.5 Å². The third-order valence-corrected chi connectivity index (χ3v) is 2.71. The first-order chi connectivity index (χ1) is 7.72. The van der Waals surface area contributed by atoms with E-state index in [1.54, 1.807) is 6.20 Å². The van der Waals surface area contributed by atoms with E-state index in [4.69, 9.17) is 0 Å². The fraction of sp³-hybridized carbons (Fsp3) is 0.692. The van der Waals surface area contributed by atoms with E-state index in [9.17, 15) is 0 Å². The minimum Gasteiger partial charge on any atom is -0.311 e. The third-order valence-electron chi connectivity index (χ3n) is 2.71. The molecule has 1 aromatic rings. The van der Waals surface area contributed by atoms with Gasteiger partial charge in [-0.05, 0) is 25.8 Å². The minimum absolute atomic E-state index is 0.820. The van der Waals surface area contributed by atoms with Gasteiger partial charge in [-0.15, -0.1) is 0 Å². The fourth-order valence-electron chi connectivity index (χ4n) is 1.80. The van der Waals surface area contributed by atoms with Gasteiger partial charge in [-0.2, -0.15) is 0 Å². The maximum atomic E-state index is 4.40. The Labute approximate surface area is 98.7 Å². The van der Waals surface area contributed by atoms with Crippen LogP contribution in [-0.4, -0.2) is 16.5 Å². The molecular weight excluding hydrogens is 198 g/mol. The topological polar surface area (TPSA) is 37.8 Å². The van der Waals surface area contributed by atoms with Gasteiger partial charge in [-0.3, -0.25) is 9.97 Å². The van der Waals surface area contributed by atoms with Gasteiger partial charge in [0.05, 0.1) is 11.4 Å². The van der Waals surface area contributed by atoms with Crippen LogP contribution in [0.5, 0.6) is 0 Å². The Bertz CT molecular complexity index is 299. The molecule has 1 atom stereocenters. The highest BCUT2D eigenvalue weighted by molar-refractivity contribution is 5.00. The summed E-state index contributed by atoms with van der Waals surface area (Å²) >= 11 is 0. The maximum Gasteiger partial charge on any atom is 0.0727 e. The number of aromatic nitrogens is 2. The van der Waals surface area contributed by atoms with Gasteiger partial charge in [0.2, 0.25) is 0 Å². The maximum absolute atomic E-state index is 4.40. The normalized spacial score (nSPS) is 12.7. The summed E-state index contributed by atoms with van der Waals surface area (Å²) in [4.78, 5) is 8.53. The summed E-state index contributed by atoms with van der Waals surface area (Å²) in [7, 11) is 0. The lowest BCUT2D eigenvalue weighted by atomic mass is 10.0. The van der Waals surface area contributed by atoms with Gasteiger partial charge in [-0.1, -0.05) is 26.7 Å². The van der Waals surface area contributed by atoms with Crippen LogP contribution in [-0.2, 0) is 6.54 Å². The van der Waals surface area contributed by atoms with Crippen LogP contribution in [0.2, 0.25) is 0 Å². The summed E-state index contributed by atoms with van der Waals surface area (Å²) < 4.78 is 0. The number of aryl methyl sites for hydroxylation is 1. The molecule has 0 bridgehead atoms. The van der Waals surface area contributed by atoms with E-state index in [0.29, 0.717) is 0 Å². The van der Waals surface area contributed by atoms with Gasteiger partial charge in [0.15, 0.2) is 0 Å². The molecule has 0 aromatic carbocycles. The van der Waals surface area contributed by atoms with Crippen molar-refractivity contribution in [3.05, 3.63) is 23.8 Å². The summed E-state index contributed by atoms with van der Waals surface area (Å²) in [5.41, 5.74) is 2.02. The van der Waals surface area contributed by atoms with Crippen LogP contribution >= 0.6 is 0 Å². The number of hydrogen-bond donors (Lipinski definition) is 1. The Hall–Kier alpha value is -0.960. The molecule has 3 nitrogen and oxygen atoms in total. The fourth-order valence-corrected chi connectivity index (χ4v) is 1.80. The summed E-state index contributed by atoms with van der Waals surface area (Å²) in [6.07, 6.45) is 7.46. The smallest absolute Gasteiger partial charge is 0.0727 e. The number of nitrogens with zero attached hydrogens (tertiary/aromatic N) is 2. The van der Waals surface area contributed by atoms with E-state index in [0.717, 1.165) is 30.4 Å². The molecule has 0 fully saturated rings. The van der Waals surface area contributed by atoms with Gasteiger partial charge in [0, 0.05) is 18.9 Å². The summed E-state index contributed by atoms with van der Waals surface area (Å²) in [5.74, 6) is 0.820. The van der Waals surface area contributed by atoms with Gasteiger partial charge in [0.25, 0.3) is 0 Å². The Kier molecular flexibility index (Phi) is 6.01. The summed E-state index contributed by atoms with van der Waals surface area (Å²) in [6, 6.07) is 0. The quantitative estimate of drug-likeness (QED) is 0.719. The Balaban J connectivity index is 2.16. The zero-order valence-electron chi connectivity index (χ0n) is 10.7. The SMILES string of the molecule is CCCC(C)CCNCc1cncc(C)n1. The highest BCUT2D eigenvalue weighted by Gasteiger charge is 2.00. The average Bonchev–Trinajstić information content (AvgIpc) is 2.25. The van der Waals surface area contributed by atoms with Crippen LogP contribution in [0.25, 0.3) is 0 Å². The Morgan fingerprint density at radius 1 is 1.31 bits per heavy atom. The van der Waals surface area contributed by atoms with Crippen molar-refractivity contribution in [2.24, 2.45) is 5.92 Å². The second-order valence-corrected chi connectivity index (χ2v) is 4.51. The van der Waals surface area contributed by atoms with Crippen molar-refractivity contribution >= 4 is 0 Å². The molecule has 0 aliphatic heterocycles. The van der Waals surface area contributed by atoms with Crippen molar-refractivity contribution in [1.82, 2.24) is 15.3 Å². The molecule has 1 unspecified atom stereocenters. The van der Waals surface area contributed by atoms with Crippen LogP contribution in [0.4, 0.5) is 0 Å². The molecule has 1 heterocycles. The van der Waals surface area contributed by atoms with Crippen molar-refractivity contribution < 1.29 is 0 Å². The largest absolute Gasteiger partial charge is 0.311 e. The van der Waals surface area contributed by atoms with E-state index in [2.05, 4.69) is 29.1 Å². The van der Waals surface area contributed by atoms with E-state index in [1.807, 2.05) is 13.1 Å². The lowest BCUT2D eigenvalue weighted by Gasteiger charge is -2.10.